The number of fused-ring (bicyclic) bond motifs is 1. The molecule has 2 heterocycles. The molecule has 2 aliphatic rings. The molecule has 108 valence electrons. The molecule has 0 bridgehead atoms. The van der Waals surface area contributed by atoms with Crippen LogP contribution >= 0.6 is 15.9 Å². The van der Waals surface area contributed by atoms with Crippen LogP contribution < -0.4 is 10.6 Å². The van der Waals surface area contributed by atoms with Crippen LogP contribution in [0.25, 0.3) is 0 Å². The summed E-state index contributed by atoms with van der Waals surface area (Å²) in [7, 11) is 0. The van der Waals surface area contributed by atoms with Crippen molar-refractivity contribution in [2.45, 2.75) is 25.3 Å². The van der Waals surface area contributed by atoms with Crippen molar-refractivity contribution in [2.24, 2.45) is 17.6 Å². The number of rotatable bonds is 2. The molecule has 0 radical (unpaired) electrons. The van der Waals surface area contributed by atoms with E-state index in [0.29, 0.717) is 22.1 Å². The lowest BCUT2D eigenvalue weighted by Crippen LogP contribution is -2.32. The van der Waals surface area contributed by atoms with Crippen molar-refractivity contribution in [1.82, 2.24) is 4.98 Å². The lowest BCUT2D eigenvalue weighted by atomic mass is 9.79. The third-order valence-corrected chi connectivity index (χ3v) is 4.83. The molecule has 1 unspecified atom stereocenters. The van der Waals surface area contributed by atoms with Crippen molar-refractivity contribution in [3.05, 3.63) is 26.9 Å². The molecule has 0 aromatic carbocycles. The first-order chi connectivity index (χ1) is 9.54. The largest absolute Gasteiger partial charge is 0.350 e. The van der Waals surface area contributed by atoms with Crippen LogP contribution in [-0.4, -0.2) is 29.0 Å². The summed E-state index contributed by atoms with van der Waals surface area (Å²) in [6, 6.07) is 1.81. The first kappa shape index (κ1) is 13.8. The lowest BCUT2D eigenvalue weighted by Gasteiger charge is -2.27. The van der Waals surface area contributed by atoms with E-state index in [1.165, 1.54) is 6.07 Å². The molecule has 6 nitrogen and oxygen atoms in total. The van der Waals surface area contributed by atoms with Gasteiger partial charge in [0.05, 0.1) is 4.92 Å². The van der Waals surface area contributed by atoms with Gasteiger partial charge in [0.25, 0.3) is 0 Å². The zero-order valence-corrected chi connectivity index (χ0v) is 12.6. The van der Waals surface area contributed by atoms with Crippen molar-refractivity contribution < 1.29 is 4.92 Å². The molecule has 2 fully saturated rings. The second-order valence-electron chi connectivity index (χ2n) is 5.75. The van der Waals surface area contributed by atoms with Gasteiger partial charge >= 0.3 is 5.69 Å². The predicted octanol–water partition coefficient (Wildman–Crippen LogP) is 2.32. The van der Waals surface area contributed by atoms with E-state index in [9.17, 15) is 10.1 Å². The Bertz CT molecular complexity index is 539. The number of hydrogen-bond donors (Lipinski definition) is 1. The summed E-state index contributed by atoms with van der Waals surface area (Å²) in [6.07, 6.45) is 4.82. The molecule has 2 N–H and O–H groups in total. The molecule has 1 saturated carbocycles. The number of pyridine rings is 1. The fourth-order valence-corrected chi connectivity index (χ4v) is 3.76. The molecule has 0 spiro atoms. The zero-order chi connectivity index (χ0) is 14.3. The zero-order valence-electron chi connectivity index (χ0n) is 11.0. The van der Waals surface area contributed by atoms with E-state index in [1.54, 1.807) is 6.20 Å². The van der Waals surface area contributed by atoms with Gasteiger partial charge < -0.3 is 10.6 Å². The van der Waals surface area contributed by atoms with E-state index in [2.05, 4.69) is 25.8 Å². The van der Waals surface area contributed by atoms with Gasteiger partial charge in [-0.25, -0.2) is 4.98 Å². The number of nitro groups is 1. The monoisotopic (exact) mass is 340 g/mol. The Hall–Kier alpha value is -1.21. The molecule has 7 heteroatoms. The summed E-state index contributed by atoms with van der Waals surface area (Å²) in [6.45, 7) is 1.68. The average Bonchev–Trinajstić information content (AvgIpc) is 2.81. The highest BCUT2D eigenvalue weighted by Crippen LogP contribution is 2.39. The van der Waals surface area contributed by atoms with E-state index in [4.69, 9.17) is 5.73 Å². The first-order valence-electron chi connectivity index (χ1n) is 6.85. The lowest BCUT2D eigenvalue weighted by molar-refractivity contribution is -0.384. The number of hydrogen-bond acceptors (Lipinski definition) is 5. The molecule has 1 aromatic heterocycles. The molecular weight excluding hydrogens is 324 g/mol. The van der Waals surface area contributed by atoms with Gasteiger partial charge in [-0.3, -0.25) is 10.1 Å². The first-order valence-corrected chi connectivity index (χ1v) is 7.64. The quantitative estimate of drug-likeness (QED) is 0.659. The van der Waals surface area contributed by atoms with E-state index < -0.39 is 0 Å². The van der Waals surface area contributed by atoms with E-state index in [1.807, 2.05) is 0 Å². The summed E-state index contributed by atoms with van der Waals surface area (Å²) >= 11 is 3.24. The number of nitrogens with two attached hydrogens (primary N) is 1. The number of halogens is 1. The smallest absolute Gasteiger partial charge is 0.312 e. The van der Waals surface area contributed by atoms with Gasteiger partial charge in [-0.15, -0.1) is 0 Å². The standard InChI is InChI=1S/C13H17BrN4O2/c14-10-4-12(18(19)20)13(16-5-10)17-6-8-1-2-11(15)3-9(8)7-17/h4-5,8-9,11H,1-3,6-7,15H2/t8-,9+,11?/m1/s1. The SMILES string of the molecule is NC1CC[C@@H]2CN(c3ncc(Br)cc3[N+](=O)[O-])C[C@@H]2C1. The minimum absolute atomic E-state index is 0.0716. The van der Waals surface area contributed by atoms with Crippen LogP contribution in [0.5, 0.6) is 0 Å². The van der Waals surface area contributed by atoms with Gasteiger partial charge in [-0.2, -0.15) is 0 Å². The third kappa shape index (κ3) is 2.52. The molecule has 0 amide bonds. The Kier molecular flexibility index (Phi) is 3.64. The molecule has 3 rings (SSSR count). The summed E-state index contributed by atoms with van der Waals surface area (Å²) in [5, 5.41) is 11.2. The van der Waals surface area contributed by atoms with Crippen LogP contribution in [-0.2, 0) is 0 Å². The fourth-order valence-electron chi connectivity index (χ4n) is 3.44. The van der Waals surface area contributed by atoms with E-state index in [-0.39, 0.29) is 16.7 Å². The normalized spacial score (nSPS) is 29.3. The number of anilines is 1. The maximum atomic E-state index is 11.2. The third-order valence-electron chi connectivity index (χ3n) is 4.40. The highest BCUT2D eigenvalue weighted by Gasteiger charge is 2.39. The van der Waals surface area contributed by atoms with Crippen LogP contribution in [0.15, 0.2) is 16.7 Å². The maximum Gasteiger partial charge on any atom is 0.312 e. The minimum Gasteiger partial charge on any atom is -0.350 e. The highest BCUT2D eigenvalue weighted by molar-refractivity contribution is 9.10. The second kappa shape index (κ2) is 5.29. The van der Waals surface area contributed by atoms with Crippen LogP contribution in [0.1, 0.15) is 19.3 Å². The van der Waals surface area contributed by atoms with E-state index >= 15 is 0 Å². The number of aromatic nitrogens is 1. The highest BCUT2D eigenvalue weighted by atomic mass is 79.9. The predicted molar refractivity (Wildman–Crippen MR) is 79.6 cm³/mol. The van der Waals surface area contributed by atoms with Gasteiger partial charge in [0.2, 0.25) is 5.82 Å². The van der Waals surface area contributed by atoms with E-state index in [0.717, 1.165) is 32.4 Å². The van der Waals surface area contributed by atoms with Crippen molar-refractivity contribution in [1.29, 1.82) is 0 Å². The average molecular weight is 341 g/mol. The molecule has 20 heavy (non-hydrogen) atoms. The topological polar surface area (TPSA) is 85.3 Å². The Labute approximate surface area is 125 Å². The Morgan fingerprint density at radius 2 is 2.15 bits per heavy atom. The Morgan fingerprint density at radius 3 is 2.90 bits per heavy atom. The molecule has 1 aliphatic heterocycles. The Morgan fingerprint density at radius 1 is 1.40 bits per heavy atom. The minimum atomic E-state index is -0.360. The number of nitrogens with zero attached hydrogens (tertiary/aromatic N) is 3. The van der Waals surface area contributed by atoms with Gasteiger partial charge in [-0.1, -0.05) is 0 Å². The maximum absolute atomic E-state index is 11.2. The van der Waals surface area contributed by atoms with Crippen molar-refractivity contribution >= 4 is 27.4 Å². The Balaban J connectivity index is 1.86. The molecule has 1 aliphatic carbocycles. The van der Waals surface area contributed by atoms with Crippen molar-refractivity contribution in [3.8, 4) is 0 Å². The van der Waals surface area contributed by atoms with Crippen LogP contribution in [0.4, 0.5) is 11.5 Å². The summed E-state index contributed by atoms with van der Waals surface area (Å²) in [5.74, 6) is 1.63. The molecule has 1 saturated heterocycles. The van der Waals surface area contributed by atoms with Gasteiger partial charge in [0.1, 0.15) is 0 Å². The summed E-state index contributed by atoms with van der Waals surface area (Å²) < 4.78 is 0.631. The van der Waals surface area contributed by atoms with Crippen LogP contribution in [0, 0.1) is 22.0 Å². The van der Waals surface area contributed by atoms with Gasteiger partial charge in [0.15, 0.2) is 0 Å². The molecule has 3 atom stereocenters. The van der Waals surface area contributed by atoms with Gasteiger partial charge in [0, 0.05) is 35.9 Å². The molecular formula is C13H17BrN4O2. The molecule has 1 aromatic rings. The fraction of sp³-hybridized carbons (Fsp3) is 0.615. The summed E-state index contributed by atoms with van der Waals surface area (Å²) in [4.78, 5) is 17.2. The van der Waals surface area contributed by atoms with Gasteiger partial charge in [-0.05, 0) is 47.0 Å². The van der Waals surface area contributed by atoms with Crippen molar-refractivity contribution in [3.63, 3.8) is 0 Å². The summed E-state index contributed by atoms with van der Waals surface area (Å²) in [5.41, 5.74) is 6.10. The van der Waals surface area contributed by atoms with Crippen molar-refractivity contribution in [2.75, 3.05) is 18.0 Å². The van der Waals surface area contributed by atoms with Crippen LogP contribution in [0.3, 0.4) is 0 Å². The van der Waals surface area contributed by atoms with Crippen LogP contribution in [0.2, 0.25) is 0 Å². The second-order valence-corrected chi connectivity index (χ2v) is 6.67.